The second-order valence-electron chi connectivity index (χ2n) is 0.834. The average Bonchev–Trinajstić information content (AvgIpc) is 1.68. The van der Waals surface area contributed by atoms with E-state index in [-0.39, 0.29) is 0 Å². The average molecular weight is 144 g/mol. The highest BCUT2D eigenvalue weighted by Gasteiger charge is 2.06. The highest BCUT2D eigenvalue weighted by atomic mass is 32.5. The van der Waals surface area contributed by atoms with E-state index >= 15 is 0 Å². The van der Waals surface area contributed by atoms with Crippen molar-refractivity contribution in [2.75, 3.05) is 14.2 Å². The molecule has 3 nitrogen and oxygen atoms in total. The molecule has 0 unspecified atom stereocenters. The van der Waals surface area contributed by atoms with E-state index < -0.39 is 6.72 Å². The van der Waals surface area contributed by atoms with Gasteiger partial charge in [0.25, 0.3) is 0 Å². The second kappa shape index (κ2) is 2.74. The van der Waals surface area contributed by atoms with Crippen LogP contribution in [0.2, 0.25) is 0 Å². The molecule has 0 aliphatic heterocycles. The monoisotopic (exact) mass is 144 g/mol. The van der Waals surface area contributed by atoms with Crippen LogP contribution in [-0.2, 0) is 20.9 Å². The fraction of sp³-hybridized carbons (Fsp3) is 1.00. The third-order valence-corrected chi connectivity index (χ3v) is 2.28. The Bertz CT molecular complexity index is 84.9. The van der Waals surface area contributed by atoms with Gasteiger partial charge < -0.3 is 13.9 Å². The maximum atomic E-state index is 8.61. The quantitative estimate of drug-likeness (QED) is 0.452. The van der Waals surface area contributed by atoms with Crippen LogP contribution in [0.3, 0.4) is 0 Å². The topological polar surface area (TPSA) is 38.7 Å². The van der Waals surface area contributed by atoms with Crippen molar-refractivity contribution in [3.05, 3.63) is 0 Å². The van der Waals surface area contributed by atoms with Gasteiger partial charge in [-0.3, -0.25) is 0 Å². The van der Waals surface area contributed by atoms with Gasteiger partial charge in [-0.1, -0.05) is 0 Å². The molecule has 0 fully saturated rings. The Morgan fingerprint density at radius 3 is 1.71 bits per heavy atom. The van der Waals surface area contributed by atoms with Gasteiger partial charge in [-0.25, -0.2) is 0 Å². The summed E-state index contributed by atoms with van der Waals surface area (Å²) < 4.78 is 8.69. The predicted octanol–water partition coefficient (Wildman–Crippen LogP) is 0.496. The van der Waals surface area contributed by atoms with Crippen LogP contribution in [0.15, 0.2) is 0 Å². The van der Waals surface area contributed by atoms with Crippen LogP contribution in [-0.4, -0.2) is 19.1 Å². The van der Waals surface area contributed by atoms with E-state index in [1.54, 1.807) is 0 Å². The molecule has 0 atom stereocenters. The Morgan fingerprint density at radius 1 is 1.43 bits per heavy atom. The zero-order valence-electron chi connectivity index (χ0n) is 4.12. The van der Waals surface area contributed by atoms with Gasteiger partial charge >= 0.3 is 6.72 Å². The lowest BCUT2D eigenvalue weighted by Gasteiger charge is -2.06. The lowest BCUT2D eigenvalue weighted by Crippen LogP contribution is -1.82. The first-order chi connectivity index (χ1) is 3.12. The lowest BCUT2D eigenvalue weighted by atomic mass is 12.7. The fourth-order valence-electron chi connectivity index (χ4n) is 0.0745. The van der Waals surface area contributed by atoms with Crippen molar-refractivity contribution >= 4 is 18.5 Å². The summed E-state index contributed by atoms with van der Waals surface area (Å²) in [4.78, 5) is 8.61. The van der Waals surface area contributed by atoms with Crippen molar-refractivity contribution in [3.8, 4) is 0 Å². The van der Waals surface area contributed by atoms with Crippen molar-refractivity contribution in [2.24, 2.45) is 0 Å². The van der Waals surface area contributed by atoms with Crippen LogP contribution >= 0.6 is 6.72 Å². The minimum absolute atomic E-state index is 1.31. The molecule has 5 heteroatoms. The van der Waals surface area contributed by atoms with Crippen molar-refractivity contribution in [1.82, 2.24) is 0 Å². The van der Waals surface area contributed by atoms with Gasteiger partial charge in [0.2, 0.25) is 0 Å². The summed E-state index contributed by atoms with van der Waals surface area (Å²) in [6.45, 7) is -2.82. The van der Waals surface area contributed by atoms with Gasteiger partial charge in [-0.2, -0.15) is 0 Å². The summed E-state index contributed by atoms with van der Waals surface area (Å²) in [5.74, 6) is 0. The molecule has 0 aromatic rings. The maximum absolute atomic E-state index is 8.61. The molecule has 0 aromatic carbocycles. The molecule has 44 valence electrons. The summed E-state index contributed by atoms with van der Waals surface area (Å²) in [5.41, 5.74) is 0. The Labute approximate surface area is 47.5 Å². The van der Waals surface area contributed by atoms with E-state index in [0.29, 0.717) is 0 Å². The Morgan fingerprint density at radius 2 is 1.71 bits per heavy atom. The summed E-state index contributed by atoms with van der Waals surface area (Å²) in [5, 5.41) is 0. The molecule has 0 rings (SSSR count). The van der Waals surface area contributed by atoms with E-state index in [9.17, 15) is 0 Å². The standard InChI is InChI=1S/C2H7O3PS/c1-4-6(3,7)5-2/h1-2H3,(H,3,7)/i1+1,2+1. The van der Waals surface area contributed by atoms with Gasteiger partial charge in [-0.05, 0) is 11.8 Å². The van der Waals surface area contributed by atoms with Crippen LogP contribution in [0.4, 0.5) is 0 Å². The third-order valence-electron chi connectivity index (χ3n) is 0.461. The van der Waals surface area contributed by atoms with Crippen molar-refractivity contribution in [2.45, 2.75) is 0 Å². The fourth-order valence-corrected chi connectivity index (χ4v) is 0.224. The summed E-state index contributed by atoms with van der Waals surface area (Å²) in [7, 11) is 2.62. The highest BCUT2D eigenvalue weighted by molar-refractivity contribution is 8.07. The Balaban J connectivity index is 3.61. The molecular weight excluding hydrogens is 137 g/mol. The van der Waals surface area contributed by atoms with Crippen LogP contribution in [0.1, 0.15) is 0 Å². The molecule has 0 heterocycles. The molecule has 0 radical (unpaired) electrons. The van der Waals surface area contributed by atoms with Gasteiger partial charge in [0.15, 0.2) is 0 Å². The largest absolute Gasteiger partial charge is 0.324 e. The first-order valence-corrected chi connectivity index (χ1v) is 4.16. The smallest absolute Gasteiger partial charge is 0.323 e. The van der Waals surface area contributed by atoms with Crippen LogP contribution in [0.25, 0.3) is 0 Å². The first-order valence-electron chi connectivity index (χ1n) is 1.56. The van der Waals surface area contributed by atoms with E-state index in [2.05, 4.69) is 20.9 Å². The molecule has 0 amide bonds. The van der Waals surface area contributed by atoms with Crippen LogP contribution in [0, 0.1) is 0 Å². The molecule has 0 aliphatic carbocycles. The zero-order valence-corrected chi connectivity index (χ0v) is 5.83. The van der Waals surface area contributed by atoms with Gasteiger partial charge in [0.1, 0.15) is 0 Å². The highest BCUT2D eigenvalue weighted by Crippen LogP contribution is 2.40. The third kappa shape index (κ3) is 3.14. The number of rotatable bonds is 2. The minimum atomic E-state index is -2.82. The Hall–Kier alpha value is 0.530. The molecule has 1 N–H and O–H groups in total. The van der Waals surface area contributed by atoms with Crippen molar-refractivity contribution < 1.29 is 13.9 Å². The summed E-state index contributed by atoms with van der Waals surface area (Å²) in [6, 6.07) is 0. The minimum Gasteiger partial charge on any atom is -0.324 e. The van der Waals surface area contributed by atoms with Crippen LogP contribution in [0.5, 0.6) is 0 Å². The van der Waals surface area contributed by atoms with Crippen molar-refractivity contribution in [3.63, 3.8) is 0 Å². The predicted molar refractivity (Wildman–Crippen MR) is 30.5 cm³/mol. The number of hydrogen-bond acceptors (Lipinski definition) is 3. The van der Waals surface area contributed by atoms with Gasteiger partial charge in [0.05, 0.1) is 0 Å². The molecule has 0 aromatic heterocycles. The molecule has 0 bridgehead atoms. The van der Waals surface area contributed by atoms with E-state index in [4.69, 9.17) is 4.89 Å². The first kappa shape index (κ1) is 7.53. The summed E-state index contributed by atoms with van der Waals surface area (Å²) >= 11 is 4.37. The molecule has 7 heavy (non-hydrogen) atoms. The van der Waals surface area contributed by atoms with E-state index in [1.165, 1.54) is 14.2 Å². The SMILES string of the molecule is [13CH3]OP(O)(=S)O[13CH3]. The van der Waals surface area contributed by atoms with E-state index in [0.717, 1.165) is 0 Å². The molecule has 0 spiro atoms. The van der Waals surface area contributed by atoms with Crippen molar-refractivity contribution in [1.29, 1.82) is 0 Å². The van der Waals surface area contributed by atoms with Gasteiger partial charge in [0, 0.05) is 14.2 Å². The number of hydrogen-bond donors (Lipinski definition) is 1. The molecular formula is C2H7O3PS. The van der Waals surface area contributed by atoms with E-state index in [1.807, 2.05) is 0 Å². The second-order valence-corrected chi connectivity index (χ2v) is 3.89. The Kier molecular flexibility index (Phi) is 2.95. The zero-order chi connectivity index (χ0) is 5.91. The molecule has 0 saturated heterocycles. The lowest BCUT2D eigenvalue weighted by molar-refractivity contribution is 0.267. The maximum Gasteiger partial charge on any atom is 0.323 e. The molecule has 0 aliphatic rings. The van der Waals surface area contributed by atoms with Crippen LogP contribution < -0.4 is 0 Å². The normalized spacial score (nSPS) is 11.9. The summed E-state index contributed by atoms with van der Waals surface area (Å²) in [6.07, 6.45) is 0. The molecule has 0 saturated carbocycles. The van der Waals surface area contributed by atoms with Gasteiger partial charge in [-0.15, -0.1) is 0 Å².